The van der Waals surface area contributed by atoms with Crippen molar-refractivity contribution in [2.75, 3.05) is 0 Å². The Hall–Kier alpha value is 1.50. The van der Waals surface area contributed by atoms with Crippen molar-refractivity contribution in [1.29, 1.82) is 0 Å². The predicted molar refractivity (Wildman–Crippen MR) is 61.3 cm³/mol. The molecular formula is C7H8IKNO2S. The third-order valence-electron chi connectivity index (χ3n) is 1.43. The van der Waals surface area contributed by atoms with Gasteiger partial charge in [0, 0.05) is 74.2 Å². The summed E-state index contributed by atoms with van der Waals surface area (Å²) in [6.07, 6.45) is 0. The monoisotopic (exact) mass is 336 g/mol. The number of rotatable bonds is 2. The molecule has 1 radical (unpaired) electrons. The molecule has 0 saturated carbocycles. The Morgan fingerprint density at radius 1 is 1.23 bits per heavy atom. The van der Waals surface area contributed by atoms with Crippen LogP contribution in [0.4, 0.5) is 0 Å². The predicted octanol–water partition coefficient (Wildman–Crippen LogP) is 1.24. The van der Waals surface area contributed by atoms with Crippen LogP contribution in [0.5, 0.6) is 0 Å². The van der Waals surface area contributed by atoms with Crippen molar-refractivity contribution in [2.24, 2.45) is 0 Å². The first-order valence-electron chi connectivity index (χ1n) is 3.25. The molecule has 1 aromatic carbocycles. The van der Waals surface area contributed by atoms with Gasteiger partial charge in [0.1, 0.15) is 0 Å². The normalized spacial score (nSPS) is 10.6. The van der Waals surface area contributed by atoms with E-state index < -0.39 is 10.0 Å². The minimum Gasteiger partial charge on any atom is -0.206 e. The molecule has 13 heavy (non-hydrogen) atoms. The van der Waals surface area contributed by atoms with Crippen molar-refractivity contribution in [1.82, 2.24) is 2.94 Å². The Balaban J connectivity index is 0.00000144. The minimum absolute atomic E-state index is 0. The molecule has 0 aromatic heterocycles. The van der Waals surface area contributed by atoms with Crippen LogP contribution in [0.1, 0.15) is 5.56 Å². The fraction of sp³-hybridized carbons (Fsp3) is 0.143. The van der Waals surface area contributed by atoms with Gasteiger partial charge in [-0.25, -0.2) is 8.42 Å². The van der Waals surface area contributed by atoms with Crippen molar-refractivity contribution >= 4 is 84.3 Å². The van der Waals surface area contributed by atoms with Crippen molar-refractivity contribution in [3.8, 4) is 0 Å². The Bertz CT molecular complexity index is 363. The average molecular weight is 336 g/mol. The van der Waals surface area contributed by atoms with Crippen LogP contribution in [0.3, 0.4) is 0 Å². The van der Waals surface area contributed by atoms with Crippen LogP contribution in [-0.2, 0) is 10.0 Å². The van der Waals surface area contributed by atoms with Gasteiger partial charge in [0.2, 0.25) is 10.0 Å². The zero-order valence-corrected chi connectivity index (χ0v) is 13.5. The molecule has 0 aliphatic heterocycles. The molecule has 3 nitrogen and oxygen atoms in total. The molecule has 0 saturated heterocycles. The van der Waals surface area contributed by atoms with E-state index in [1.165, 1.54) is 0 Å². The van der Waals surface area contributed by atoms with Crippen molar-refractivity contribution in [3.63, 3.8) is 0 Å². The number of benzene rings is 1. The summed E-state index contributed by atoms with van der Waals surface area (Å²) in [6, 6.07) is 6.69. The first-order chi connectivity index (χ1) is 5.56. The van der Waals surface area contributed by atoms with Crippen molar-refractivity contribution < 1.29 is 8.42 Å². The topological polar surface area (TPSA) is 46.2 Å². The summed E-state index contributed by atoms with van der Waals surface area (Å²) in [6.45, 7) is 1.91. The third kappa shape index (κ3) is 4.25. The Labute approximate surface area is 135 Å². The van der Waals surface area contributed by atoms with Crippen LogP contribution in [0.25, 0.3) is 0 Å². The third-order valence-corrected chi connectivity index (χ3v) is 4.27. The second-order valence-electron chi connectivity index (χ2n) is 2.39. The first kappa shape index (κ1) is 14.5. The van der Waals surface area contributed by atoms with Gasteiger partial charge in [-0.15, -0.1) is 0 Å². The van der Waals surface area contributed by atoms with E-state index in [1.54, 1.807) is 47.1 Å². The van der Waals surface area contributed by atoms with Crippen LogP contribution < -0.4 is 2.94 Å². The number of nitrogens with one attached hydrogen (secondary N) is 1. The summed E-state index contributed by atoms with van der Waals surface area (Å²) in [4.78, 5) is 0.294. The van der Waals surface area contributed by atoms with E-state index in [2.05, 4.69) is 2.94 Å². The summed E-state index contributed by atoms with van der Waals surface area (Å²) >= 11 is 1.60. The second-order valence-corrected chi connectivity index (χ2v) is 5.35. The van der Waals surface area contributed by atoms with Crippen LogP contribution in [0, 0.1) is 6.92 Å². The van der Waals surface area contributed by atoms with Gasteiger partial charge < -0.3 is 0 Å². The van der Waals surface area contributed by atoms with Gasteiger partial charge in [-0.05, 0) is 19.1 Å². The molecule has 0 aliphatic carbocycles. The first-order valence-corrected chi connectivity index (χ1v) is 5.81. The fourth-order valence-electron chi connectivity index (χ4n) is 0.762. The molecule has 0 heterocycles. The van der Waals surface area contributed by atoms with E-state index in [-0.39, 0.29) is 51.4 Å². The van der Waals surface area contributed by atoms with Gasteiger partial charge in [0.05, 0.1) is 4.90 Å². The fourth-order valence-corrected chi connectivity index (χ4v) is 2.11. The zero-order chi connectivity index (χ0) is 9.19. The van der Waals surface area contributed by atoms with Crippen LogP contribution in [-0.4, -0.2) is 59.8 Å². The maximum atomic E-state index is 11.2. The molecule has 0 unspecified atom stereocenters. The number of halogens is 1. The Kier molecular flexibility index (Phi) is 6.87. The maximum Gasteiger partial charge on any atom is 0.249 e. The van der Waals surface area contributed by atoms with Crippen LogP contribution in [0.15, 0.2) is 29.2 Å². The number of hydrogen-bond donors (Lipinski definition) is 1. The molecule has 1 rings (SSSR count). The summed E-state index contributed by atoms with van der Waals surface area (Å²) in [7, 11) is -3.28. The van der Waals surface area contributed by atoms with Crippen molar-refractivity contribution in [2.45, 2.75) is 11.8 Å². The van der Waals surface area contributed by atoms with Gasteiger partial charge in [0.15, 0.2) is 0 Å². The maximum absolute atomic E-state index is 11.2. The number of hydrogen-bond acceptors (Lipinski definition) is 2. The molecule has 0 amide bonds. The van der Waals surface area contributed by atoms with Gasteiger partial charge >= 0.3 is 0 Å². The van der Waals surface area contributed by atoms with E-state index in [1.807, 2.05) is 6.92 Å². The molecule has 0 fully saturated rings. The largest absolute Gasteiger partial charge is 0.249 e. The van der Waals surface area contributed by atoms with E-state index >= 15 is 0 Å². The van der Waals surface area contributed by atoms with Gasteiger partial charge in [-0.3, -0.25) is 0 Å². The molecule has 1 N–H and O–H groups in total. The number of sulfonamides is 1. The van der Waals surface area contributed by atoms with Crippen LogP contribution >= 0.6 is 22.9 Å². The summed E-state index contributed by atoms with van der Waals surface area (Å²) in [5.74, 6) is 0. The molecule has 1 aromatic rings. The Morgan fingerprint density at radius 2 is 1.69 bits per heavy atom. The van der Waals surface area contributed by atoms with Crippen molar-refractivity contribution in [3.05, 3.63) is 29.8 Å². The van der Waals surface area contributed by atoms with Gasteiger partial charge in [-0.2, -0.15) is 2.94 Å². The van der Waals surface area contributed by atoms with E-state index in [9.17, 15) is 8.42 Å². The average Bonchev–Trinajstić information content (AvgIpc) is 2.05. The molecule has 0 atom stereocenters. The SMILES string of the molecule is Cc1ccc(S(=O)(=O)NI)cc1.[K]. The summed E-state index contributed by atoms with van der Waals surface area (Å²) < 4.78 is 24.6. The molecule has 6 heteroatoms. The van der Waals surface area contributed by atoms with E-state index in [4.69, 9.17) is 0 Å². The quantitative estimate of drug-likeness (QED) is 0.502. The molecule has 0 spiro atoms. The molecule has 0 bridgehead atoms. The summed E-state index contributed by atoms with van der Waals surface area (Å²) in [5, 5.41) is 0. The van der Waals surface area contributed by atoms with Gasteiger partial charge in [-0.1, -0.05) is 17.7 Å². The summed E-state index contributed by atoms with van der Waals surface area (Å²) in [5.41, 5.74) is 1.04. The second kappa shape index (κ2) is 6.16. The standard InChI is InChI=1S/C7H8INO2S.K/c1-6-2-4-7(5-3-6)12(10,11)9-8;/h2-5,9H,1H3;. The molecule has 67 valence electrons. The van der Waals surface area contributed by atoms with E-state index in [0.717, 1.165) is 5.56 Å². The van der Waals surface area contributed by atoms with E-state index in [0.29, 0.717) is 4.90 Å². The van der Waals surface area contributed by atoms with Gasteiger partial charge in [0.25, 0.3) is 0 Å². The molecular weight excluding hydrogens is 328 g/mol. The Morgan fingerprint density at radius 3 is 2.08 bits per heavy atom. The zero-order valence-electron chi connectivity index (χ0n) is 7.41. The number of aryl methyl sites for hydroxylation is 1. The van der Waals surface area contributed by atoms with Crippen LogP contribution in [0.2, 0.25) is 0 Å². The minimum atomic E-state index is -3.28. The molecule has 0 aliphatic rings. The smallest absolute Gasteiger partial charge is 0.206 e.